The zero-order chi connectivity index (χ0) is 15.9. The van der Waals surface area contributed by atoms with Crippen molar-refractivity contribution in [3.63, 3.8) is 0 Å². The fourth-order valence-corrected chi connectivity index (χ4v) is 2.90. The largest absolute Gasteiger partial charge is 0.330 e. The minimum Gasteiger partial charge on any atom is -0.330 e. The van der Waals surface area contributed by atoms with E-state index in [1.165, 1.54) is 0 Å². The quantitative estimate of drug-likeness (QED) is 0.756. The Morgan fingerprint density at radius 3 is 2.68 bits per heavy atom. The average Bonchev–Trinajstić information content (AvgIpc) is 2.87. The molecular formula is C17H17Cl2N3. The van der Waals surface area contributed by atoms with Crippen LogP contribution >= 0.6 is 23.2 Å². The second kappa shape index (κ2) is 5.92. The van der Waals surface area contributed by atoms with E-state index in [0.29, 0.717) is 11.6 Å². The van der Waals surface area contributed by atoms with Crippen LogP contribution in [0.3, 0.4) is 0 Å². The van der Waals surface area contributed by atoms with Crippen LogP contribution in [0.4, 0.5) is 0 Å². The molecule has 5 heteroatoms. The van der Waals surface area contributed by atoms with Crippen molar-refractivity contribution >= 4 is 28.8 Å². The first-order valence-electron chi connectivity index (χ1n) is 7.15. The van der Waals surface area contributed by atoms with Crippen molar-refractivity contribution in [2.24, 2.45) is 5.73 Å². The molecule has 0 fully saturated rings. The summed E-state index contributed by atoms with van der Waals surface area (Å²) in [6.45, 7) is 4.63. The summed E-state index contributed by atoms with van der Waals surface area (Å²) in [5.41, 5.74) is 10.8. The smallest absolute Gasteiger partial charge is 0.137 e. The molecule has 0 bridgehead atoms. The van der Waals surface area contributed by atoms with Gasteiger partial charge in [-0.25, -0.2) is 4.98 Å². The van der Waals surface area contributed by atoms with E-state index in [4.69, 9.17) is 33.9 Å². The number of hydrogen-bond acceptors (Lipinski definition) is 2. The summed E-state index contributed by atoms with van der Waals surface area (Å²) >= 11 is 12.3. The lowest BCUT2D eigenvalue weighted by Crippen LogP contribution is -2.12. The van der Waals surface area contributed by atoms with Crippen LogP contribution < -0.4 is 5.73 Å². The van der Waals surface area contributed by atoms with Gasteiger partial charge in [-0.2, -0.15) is 0 Å². The zero-order valence-electron chi connectivity index (χ0n) is 12.5. The van der Waals surface area contributed by atoms with E-state index in [0.717, 1.165) is 33.2 Å². The van der Waals surface area contributed by atoms with Crippen LogP contribution in [0.5, 0.6) is 0 Å². The molecule has 3 nitrogen and oxygen atoms in total. The standard InChI is InChI=1S/C17H17Cl2N3/c1-10-7-12(3-5-14(10)19)16-17(11(2)8-20)22-9-13(18)4-6-15(22)21-16/h3-7,9,11H,8,20H2,1-2H3. The molecule has 0 aliphatic heterocycles. The minimum atomic E-state index is 0.166. The van der Waals surface area contributed by atoms with Crippen molar-refractivity contribution in [3.05, 3.63) is 57.8 Å². The van der Waals surface area contributed by atoms with Gasteiger partial charge < -0.3 is 10.1 Å². The number of halogens is 2. The first kappa shape index (κ1) is 15.3. The van der Waals surface area contributed by atoms with Gasteiger partial charge in [0.2, 0.25) is 0 Å². The SMILES string of the molecule is Cc1cc(-c2nc3ccc(Cl)cn3c2C(C)CN)ccc1Cl. The van der Waals surface area contributed by atoms with Crippen LogP contribution in [0.25, 0.3) is 16.9 Å². The summed E-state index contributed by atoms with van der Waals surface area (Å²) in [6.07, 6.45) is 1.89. The maximum Gasteiger partial charge on any atom is 0.137 e. The molecule has 1 aromatic carbocycles. The third-order valence-corrected chi connectivity index (χ3v) is 4.52. The molecule has 3 rings (SSSR count). The third kappa shape index (κ3) is 2.60. The Bertz CT molecular complexity index is 839. The molecule has 2 aromatic heterocycles. The molecule has 2 N–H and O–H groups in total. The van der Waals surface area contributed by atoms with Gasteiger partial charge in [0.25, 0.3) is 0 Å². The van der Waals surface area contributed by atoms with Crippen LogP contribution in [0.1, 0.15) is 24.1 Å². The molecule has 3 aromatic rings. The highest BCUT2D eigenvalue weighted by Crippen LogP contribution is 2.32. The molecule has 1 unspecified atom stereocenters. The third-order valence-electron chi connectivity index (χ3n) is 3.87. The highest BCUT2D eigenvalue weighted by molar-refractivity contribution is 6.31. The van der Waals surface area contributed by atoms with E-state index in [9.17, 15) is 0 Å². The molecule has 22 heavy (non-hydrogen) atoms. The van der Waals surface area contributed by atoms with Crippen LogP contribution in [0.15, 0.2) is 36.5 Å². The molecule has 114 valence electrons. The number of fused-ring (bicyclic) bond motifs is 1. The van der Waals surface area contributed by atoms with Gasteiger partial charge in [0.15, 0.2) is 0 Å². The van der Waals surface area contributed by atoms with Gasteiger partial charge in [-0.3, -0.25) is 0 Å². The van der Waals surface area contributed by atoms with Gasteiger partial charge in [-0.05, 0) is 36.8 Å². The van der Waals surface area contributed by atoms with E-state index in [1.807, 2.05) is 41.8 Å². The number of nitrogens with two attached hydrogens (primary N) is 1. The van der Waals surface area contributed by atoms with Crippen LogP contribution in [-0.4, -0.2) is 15.9 Å². The summed E-state index contributed by atoms with van der Waals surface area (Å²) in [5, 5.41) is 1.43. The van der Waals surface area contributed by atoms with Gasteiger partial charge in [0, 0.05) is 29.2 Å². The number of aromatic nitrogens is 2. The van der Waals surface area contributed by atoms with Crippen LogP contribution in [0.2, 0.25) is 10.0 Å². The molecule has 0 aliphatic rings. The topological polar surface area (TPSA) is 43.3 Å². The molecule has 0 saturated carbocycles. The van der Waals surface area contributed by atoms with Crippen LogP contribution in [-0.2, 0) is 0 Å². The molecule has 0 amide bonds. The minimum absolute atomic E-state index is 0.166. The Morgan fingerprint density at radius 2 is 2.00 bits per heavy atom. The first-order chi connectivity index (χ1) is 10.5. The predicted octanol–water partition coefficient (Wildman–Crippen LogP) is 4.68. The molecule has 0 spiro atoms. The average molecular weight is 334 g/mol. The van der Waals surface area contributed by atoms with Crippen molar-refractivity contribution in [1.82, 2.24) is 9.38 Å². The van der Waals surface area contributed by atoms with Crippen molar-refractivity contribution < 1.29 is 0 Å². The fourth-order valence-electron chi connectivity index (χ4n) is 2.62. The van der Waals surface area contributed by atoms with E-state index < -0.39 is 0 Å². The van der Waals surface area contributed by atoms with E-state index >= 15 is 0 Å². The number of nitrogens with zero attached hydrogens (tertiary/aromatic N) is 2. The van der Waals surface area contributed by atoms with Crippen molar-refractivity contribution in [3.8, 4) is 11.3 Å². The van der Waals surface area contributed by atoms with E-state index in [-0.39, 0.29) is 5.92 Å². The molecule has 2 heterocycles. The molecule has 0 radical (unpaired) electrons. The Balaban J connectivity index is 2.30. The molecule has 0 aliphatic carbocycles. The van der Waals surface area contributed by atoms with Crippen LogP contribution in [0, 0.1) is 6.92 Å². The second-order valence-corrected chi connectivity index (χ2v) is 6.37. The predicted molar refractivity (Wildman–Crippen MR) is 92.9 cm³/mol. The fraction of sp³-hybridized carbons (Fsp3) is 0.235. The number of benzene rings is 1. The molecule has 0 saturated heterocycles. The lowest BCUT2D eigenvalue weighted by Gasteiger charge is -2.12. The van der Waals surface area contributed by atoms with Crippen molar-refractivity contribution in [2.75, 3.05) is 6.54 Å². The highest BCUT2D eigenvalue weighted by Gasteiger charge is 2.19. The maximum atomic E-state index is 6.14. The van der Waals surface area contributed by atoms with Crippen molar-refractivity contribution in [2.45, 2.75) is 19.8 Å². The number of rotatable bonds is 3. The summed E-state index contributed by atoms with van der Waals surface area (Å²) in [7, 11) is 0. The van der Waals surface area contributed by atoms with E-state index in [1.54, 1.807) is 0 Å². The molecular weight excluding hydrogens is 317 g/mol. The highest BCUT2D eigenvalue weighted by atomic mass is 35.5. The lowest BCUT2D eigenvalue weighted by molar-refractivity contribution is 0.738. The van der Waals surface area contributed by atoms with Gasteiger partial charge in [0.05, 0.1) is 16.4 Å². The molecule has 1 atom stereocenters. The van der Waals surface area contributed by atoms with Gasteiger partial charge >= 0.3 is 0 Å². The summed E-state index contributed by atoms with van der Waals surface area (Å²) in [5.74, 6) is 0.166. The summed E-state index contributed by atoms with van der Waals surface area (Å²) in [4.78, 5) is 4.77. The number of pyridine rings is 1. The number of imidazole rings is 1. The summed E-state index contributed by atoms with van der Waals surface area (Å²) < 4.78 is 2.03. The Kier molecular flexibility index (Phi) is 4.13. The maximum absolute atomic E-state index is 6.14. The first-order valence-corrected chi connectivity index (χ1v) is 7.91. The number of hydrogen-bond donors (Lipinski definition) is 1. The second-order valence-electron chi connectivity index (χ2n) is 5.52. The van der Waals surface area contributed by atoms with Gasteiger partial charge in [0.1, 0.15) is 5.65 Å². The van der Waals surface area contributed by atoms with Crippen molar-refractivity contribution in [1.29, 1.82) is 0 Å². The Morgan fingerprint density at radius 1 is 1.23 bits per heavy atom. The number of aryl methyl sites for hydroxylation is 1. The Labute approximate surface area is 139 Å². The zero-order valence-corrected chi connectivity index (χ0v) is 14.0. The van der Waals surface area contributed by atoms with Gasteiger partial charge in [-0.15, -0.1) is 0 Å². The van der Waals surface area contributed by atoms with Gasteiger partial charge in [-0.1, -0.05) is 36.2 Å². The van der Waals surface area contributed by atoms with E-state index in [2.05, 4.69) is 13.0 Å². The lowest BCUT2D eigenvalue weighted by atomic mass is 10.0. The normalized spacial score (nSPS) is 12.8. The monoisotopic (exact) mass is 333 g/mol. The Hall–Kier alpha value is -1.55. The summed E-state index contributed by atoms with van der Waals surface area (Å²) in [6, 6.07) is 9.71.